The number of aryl methyl sites for hydroxylation is 2. The van der Waals surface area contributed by atoms with E-state index in [-0.39, 0.29) is 0 Å². The second kappa shape index (κ2) is 10.4. The molecule has 0 fully saturated rings. The van der Waals surface area contributed by atoms with Gasteiger partial charge < -0.3 is 4.90 Å². The molecule has 4 aromatic rings. The SMILES string of the molecule is C=Cc1ccc(-c2cccc(N(c3cccc(C)c3)c3cccc(C)c3)c2)cc1.CC. The van der Waals surface area contributed by atoms with Gasteiger partial charge in [-0.05, 0) is 78.1 Å². The lowest BCUT2D eigenvalue weighted by Crippen LogP contribution is -2.10. The van der Waals surface area contributed by atoms with Crippen LogP contribution in [0, 0.1) is 13.8 Å². The Morgan fingerprint density at radius 3 is 1.55 bits per heavy atom. The van der Waals surface area contributed by atoms with Crippen LogP contribution >= 0.6 is 0 Å². The van der Waals surface area contributed by atoms with E-state index in [1.165, 1.54) is 22.3 Å². The zero-order valence-corrected chi connectivity index (χ0v) is 19.0. The first-order valence-corrected chi connectivity index (χ1v) is 10.9. The molecule has 156 valence electrons. The molecule has 4 rings (SSSR count). The first-order valence-electron chi connectivity index (χ1n) is 10.9. The lowest BCUT2D eigenvalue weighted by molar-refractivity contribution is 1.26. The van der Waals surface area contributed by atoms with Gasteiger partial charge in [0.2, 0.25) is 0 Å². The Hall–Kier alpha value is -3.58. The van der Waals surface area contributed by atoms with Gasteiger partial charge in [-0.15, -0.1) is 0 Å². The Labute approximate surface area is 187 Å². The summed E-state index contributed by atoms with van der Waals surface area (Å²) in [7, 11) is 0. The molecule has 0 atom stereocenters. The van der Waals surface area contributed by atoms with Crippen molar-refractivity contribution in [1.82, 2.24) is 0 Å². The summed E-state index contributed by atoms with van der Waals surface area (Å²) in [6, 6.07) is 34.5. The molecule has 4 aromatic carbocycles. The highest BCUT2D eigenvalue weighted by molar-refractivity contribution is 5.80. The molecule has 0 bridgehead atoms. The third kappa shape index (κ3) is 5.32. The van der Waals surface area contributed by atoms with E-state index < -0.39 is 0 Å². The van der Waals surface area contributed by atoms with Gasteiger partial charge in [-0.3, -0.25) is 0 Å². The molecule has 0 spiro atoms. The maximum Gasteiger partial charge on any atom is 0.0467 e. The lowest BCUT2D eigenvalue weighted by atomic mass is 10.0. The van der Waals surface area contributed by atoms with Gasteiger partial charge in [-0.2, -0.15) is 0 Å². The average molecular weight is 406 g/mol. The van der Waals surface area contributed by atoms with Crippen molar-refractivity contribution in [3.8, 4) is 11.1 Å². The van der Waals surface area contributed by atoms with Crippen LogP contribution in [0.25, 0.3) is 17.2 Å². The number of rotatable bonds is 5. The van der Waals surface area contributed by atoms with E-state index in [0.29, 0.717) is 0 Å². The molecule has 0 amide bonds. The van der Waals surface area contributed by atoms with Crippen molar-refractivity contribution in [2.75, 3.05) is 4.90 Å². The molecule has 0 unspecified atom stereocenters. The first-order chi connectivity index (χ1) is 15.1. The van der Waals surface area contributed by atoms with Gasteiger partial charge in [-0.1, -0.05) is 87.2 Å². The van der Waals surface area contributed by atoms with Gasteiger partial charge in [0, 0.05) is 17.1 Å². The predicted molar refractivity (Wildman–Crippen MR) is 137 cm³/mol. The molecule has 0 aliphatic rings. The zero-order valence-electron chi connectivity index (χ0n) is 19.0. The summed E-state index contributed by atoms with van der Waals surface area (Å²) < 4.78 is 0. The van der Waals surface area contributed by atoms with Crippen LogP contribution in [-0.4, -0.2) is 0 Å². The van der Waals surface area contributed by atoms with Crippen LogP contribution in [0.15, 0.2) is 104 Å². The molecule has 0 N–H and O–H groups in total. The van der Waals surface area contributed by atoms with Crippen molar-refractivity contribution in [1.29, 1.82) is 0 Å². The van der Waals surface area contributed by atoms with Crippen molar-refractivity contribution >= 4 is 23.1 Å². The molecular weight excluding hydrogens is 374 g/mol. The minimum atomic E-state index is 1.13. The van der Waals surface area contributed by atoms with Crippen LogP contribution in [0.1, 0.15) is 30.5 Å². The van der Waals surface area contributed by atoms with Gasteiger partial charge in [0.05, 0.1) is 0 Å². The highest BCUT2D eigenvalue weighted by atomic mass is 15.1. The summed E-state index contributed by atoms with van der Waals surface area (Å²) in [5.74, 6) is 0. The zero-order chi connectivity index (χ0) is 22.2. The molecule has 31 heavy (non-hydrogen) atoms. The molecular formula is C30H31N. The van der Waals surface area contributed by atoms with Crippen molar-refractivity contribution in [2.24, 2.45) is 0 Å². The summed E-state index contributed by atoms with van der Waals surface area (Å²) in [6.07, 6.45) is 1.87. The number of anilines is 3. The Morgan fingerprint density at radius 1 is 0.581 bits per heavy atom. The number of benzene rings is 4. The molecule has 0 saturated carbocycles. The van der Waals surface area contributed by atoms with E-state index in [9.17, 15) is 0 Å². The topological polar surface area (TPSA) is 3.24 Å². The lowest BCUT2D eigenvalue weighted by Gasteiger charge is -2.26. The summed E-state index contributed by atoms with van der Waals surface area (Å²) in [5, 5.41) is 0. The van der Waals surface area contributed by atoms with Crippen molar-refractivity contribution in [3.63, 3.8) is 0 Å². The second-order valence-electron chi connectivity index (χ2n) is 7.39. The Kier molecular flexibility index (Phi) is 7.45. The number of hydrogen-bond acceptors (Lipinski definition) is 1. The molecule has 0 saturated heterocycles. The minimum absolute atomic E-state index is 1.13. The summed E-state index contributed by atoms with van der Waals surface area (Å²) in [5.41, 5.74) is 9.49. The Bertz CT molecular complexity index is 1090. The average Bonchev–Trinajstić information content (AvgIpc) is 2.81. The molecule has 1 heteroatoms. The Morgan fingerprint density at radius 2 is 1.06 bits per heavy atom. The van der Waals surface area contributed by atoms with E-state index in [0.717, 1.165) is 22.6 Å². The maximum atomic E-state index is 3.85. The van der Waals surface area contributed by atoms with Gasteiger partial charge in [0.25, 0.3) is 0 Å². The fourth-order valence-corrected chi connectivity index (χ4v) is 3.62. The van der Waals surface area contributed by atoms with Crippen molar-refractivity contribution in [3.05, 3.63) is 120 Å². The standard InChI is InChI=1S/C28H25N.C2H6/c1-4-23-14-16-24(17-15-23)25-10-7-13-28(20-25)29(26-11-5-8-21(2)18-26)27-12-6-9-22(3)19-27;1-2/h4-20H,1H2,2-3H3;1-2H3. The minimum Gasteiger partial charge on any atom is -0.310 e. The van der Waals surface area contributed by atoms with Gasteiger partial charge in [-0.25, -0.2) is 0 Å². The van der Waals surface area contributed by atoms with Gasteiger partial charge in [0.15, 0.2) is 0 Å². The second-order valence-corrected chi connectivity index (χ2v) is 7.39. The third-order valence-electron chi connectivity index (χ3n) is 5.10. The highest BCUT2D eigenvalue weighted by Gasteiger charge is 2.13. The van der Waals surface area contributed by atoms with E-state index in [1.54, 1.807) is 0 Å². The van der Waals surface area contributed by atoms with E-state index in [4.69, 9.17) is 0 Å². The summed E-state index contributed by atoms with van der Waals surface area (Å²) in [4.78, 5) is 2.32. The Balaban J connectivity index is 0.00000132. The van der Waals surface area contributed by atoms with E-state index >= 15 is 0 Å². The van der Waals surface area contributed by atoms with Crippen molar-refractivity contribution < 1.29 is 0 Å². The molecule has 0 radical (unpaired) electrons. The van der Waals surface area contributed by atoms with Crippen LogP contribution < -0.4 is 4.90 Å². The molecule has 0 aliphatic carbocycles. The number of nitrogens with zero attached hydrogens (tertiary/aromatic N) is 1. The predicted octanol–water partition coefficient (Wildman–Crippen LogP) is 9.11. The molecule has 1 nitrogen and oxygen atoms in total. The summed E-state index contributed by atoms with van der Waals surface area (Å²) in [6.45, 7) is 12.1. The summed E-state index contributed by atoms with van der Waals surface area (Å²) >= 11 is 0. The fourth-order valence-electron chi connectivity index (χ4n) is 3.62. The maximum absolute atomic E-state index is 3.85. The van der Waals surface area contributed by atoms with Crippen molar-refractivity contribution in [2.45, 2.75) is 27.7 Å². The smallest absolute Gasteiger partial charge is 0.0467 e. The largest absolute Gasteiger partial charge is 0.310 e. The number of hydrogen-bond donors (Lipinski definition) is 0. The molecule has 0 aromatic heterocycles. The van der Waals surface area contributed by atoms with Gasteiger partial charge in [0.1, 0.15) is 0 Å². The van der Waals surface area contributed by atoms with E-state index in [1.807, 2.05) is 19.9 Å². The first kappa shape index (κ1) is 22.1. The molecule has 0 aliphatic heterocycles. The monoisotopic (exact) mass is 405 g/mol. The highest BCUT2D eigenvalue weighted by Crippen LogP contribution is 2.37. The van der Waals surface area contributed by atoms with E-state index in [2.05, 4.69) is 122 Å². The normalized spacial score (nSPS) is 10.1. The quantitative estimate of drug-likeness (QED) is 0.320. The van der Waals surface area contributed by atoms with Crippen LogP contribution in [0.5, 0.6) is 0 Å². The fraction of sp³-hybridized carbons (Fsp3) is 0.133. The molecule has 0 heterocycles. The van der Waals surface area contributed by atoms with Crippen LogP contribution in [0.4, 0.5) is 17.1 Å². The van der Waals surface area contributed by atoms with Crippen LogP contribution in [-0.2, 0) is 0 Å². The third-order valence-corrected chi connectivity index (χ3v) is 5.10. The van der Waals surface area contributed by atoms with Crippen LogP contribution in [0.3, 0.4) is 0 Å². The van der Waals surface area contributed by atoms with Crippen LogP contribution in [0.2, 0.25) is 0 Å². The van der Waals surface area contributed by atoms with Gasteiger partial charge >= 0.3 is 0 Å².